The molecule has 0 spiro atoms. The van der Waals surface area contributed by atoms with E-state index in [4.69, 9.17) is 0 Å². The molecule has 0 radical (unpaired) electrons. The Morgan fingerprint density at radius 2 is 0.735 bits per heavy atom. The molecule has 0 fully saturated rings. The molecule has 0 atom stereocenters. The van der Waals surface area contributed by atoms with Crippen molar-refractivity contribution in [2.45, 2.75) is 0 Å². The molecular formula is C32H22O2. The van der Waals surface area contributed by atoms with Gasteiger partial charge in [0.1, 0.15) is 11.5 Å². The van der Waals surface area contributed by atoms with Crippen LogP contribution in [-0.4, -0.2) is 10.2 Å². The van der Waals surface area contributed by atoms with Crippen molar-refractivity contribution in [3.8, 4) is 44.9 Å². The van der Waals surface area contributed by atoms with Gasteiger partial charge in [0.25, 0.3) is 0 Å². The first-order chi connectivity index (χ1) is 16.7. The van der Waals surface area contributed by atoms with Gasteiger partial charge in [-0.2, -0.15) is 0 Å². The third-order valence-corrected chi connectivity index (χ3v) is 6.46. The predicted molar refractivity (Wildman–Crippen MR) is 141 cm³/mol. The van der Waals surface area contributed by atoms with Crippen molar-refractivity contribution in [3.63, 3.8) is 0 Å². The molecule has 34 heavy (non-hydrogen) atoms. The van der Waals surface area contributed by atoms with E-state index in [1.165, 1.54) is 0 Å². The molecule has 0 aliphatic heterocycles. The molecule has 162 valence electrons. The molecule has 6 rings (SSSR count). The number of aromatic hydroxyl groups is 2. The van der Waals surface area contributed by atoms with Gasteiger partial charge in [-0.1, -0.05) is 97.1 Å². The molecule has 0 bridgehead atoms. The summed E-state index contributed by atoms with van der Waals surface area (Å²) in [6.45, 7) is 0. The maximum Gasteiger partial charge on any atom is 0.124 e. The molecule has 0 unspecified atom stereocenters. The van der Waals surface area contributed by atoms with Crippen LogP contribution >= 0.6 is 0 Å². The van der Waals surface area contributed by atoms with Crippen molar-refractivity contribution in [2.75, 3.05) is 0 Å². The topological polar surface area (TPSA) is 40.5 Å². The summed E-state index contributed by atoms with van der Waals surface area (Å²) < 4.78 is 0. The number of phenolic OH excluding ortho intramolecular Hbond substituents is 2. The molecule has 6 aromatic carbocycles. The van der Waals surface area contributed by atoms with Gasteiger partial charge >= 0.3 is 0 Å². The minimum atomic E-state index is 0.144. The van der Waals surface area contributed by atoms with E-state index in [2.05, 4.69) is 60.7 Å². The van der Waals surface area contributed by atoms with E-state index in [0.29, 0.717) is 11.1 Å². The zero-order chi connectivity index (χ0) is 23.1. The second kappa shape index (κ2) is 8.09. The molecule has 0 aliphatic carbocycles. The molecule has 0 aromatic heterocycles. The zero-order valence-electron chi connectivity index (χ0n) is 18.4. The van der Waals surface area contributed by atoms with Gasteiger partial charge in [0, 0.05) is 11.1 Å². The fourth-order valence-electron chi connectivity index (χ4n) is 4.76. The lowest BCUT2D eigenvalue weighted by atomic mass is 9.89. The first-order valence-corrected chi connectivity index (χ1v) is 11.3. The summed E-state index contributed by atoms with van der Waals surface area (Å²) in [7, 11) is 0. The largest absolute Gasteiger partial charge is 0.507 e. The third kappa shape index (κ3) is 3.37. The molecule has 0 saturated heterocycles. The quantitative estimate of drug-likeness (QED) is 0.291. The van der Waals surface area contributed by atoms with Crippen LogP contribution in [0.15, 0.2) is 121 Å². The molecule has 2 heteroatoms. The Hall–Kier alpha value is -4.56. The van der Waals surface area contributed by atoms with Gasteiger partial charge in [-0.15, -0.1) is 0 Å². The number of fused-ring (bicyclic) bond motifs is 2. The fraction of sp³-hybridized carbons (Fsp3) is 0. The van der Waals surface area contributed by atoms with Crippen molar-refractivity contribution in [1.82, 2.24) is 0 Å². The van der Waals surface area contributed by atoms with Gasteiger partial charge in [-0.25, -0.2) is 0 Å². The highest BCUT2D eigenvalue weighted by molar-refractivity contribution is 6.11. The van der Waals surface area contributed by atoms with E-state index in [-0.39, 0.29) is 11.5 Å². The first kappa shape index (κ1) is 20.1. The maximum absolute atomic E-state index is 11.1. The normalized spacial score (nSPS) is 11.2. The van der Waals surface area contributed by atoms with E-state index >= 15 is 0 Å². The Morgan fingerprint density at radius 3 is 1.15 bits per heavy atom. The van der Waals surface area contributed by atoms with Gasteiger partial charge in [-0.3, -0.25) is 0 Å². The Kier molecular flexibility index (Phi) is 4.78. The van der Waals surface area contributed by atoms with Crippen LogP contribution in [0, 0.1) is 0 Å². The summed E-state index contributed by atoms with van der Waals surface area (Å²) in [6.07, 6.45) is 0. The van der Waals surface area contributed by atoms with E-state index in [1.807, 2.05) is 48.5 Å². The van der Waals surface area contributed by atoms with E-state index < -0.39 is 0 Å². The summed E-state index contributed by atoms with van der Waals surface area (Å²) in [5.41, 5.74) is 5.61. The highest BCUT2D eigenvalue weighted by atomic mass is 16.3. The molecule has 0 amide bonds. The van der Waals surface area contributed by atoms with Crippen LogP contribution in [0.4, 0.5) is 0 Å². The number of benzene rings is 6. The van der Waals surface area contributed by atoms with Crippen LogP contribution in [0.3, 0.4) is 0 Å². The number of rotatable bonds is 3. The minimum absolute atomic E-state index is 0.144. The minimum Gasteiger partial charge on any atom is -0.507 e. The van der Waals surface area contributed by atoms with Crippen molar-refractivity contribution >= 4 is 21.5 Å². The lowest BCUT2D eigenvalue weighted by molar-refractivity contribution is 0.470. The van der Waals surface area contributed by atoms with Crippen LogP contribution in [-0.2, 0) is 0 Å². The van der Waals surface area contributed by atoms with Gasteiger partial charge in [0.2, 0.25) is 0 Å². The second-order valence-electron chi connectivity index (χ2n) is 8.52. The van der Waals surface area contributed by atoms with E-state index in [9.17, 15) is 10.2 Å². The lowest BCUT2D eigenvalue weighted by Crippen LogP contribution is -1.89. The fourth-order valence-corrected chi connectivity index (χ4v) is 4.76. The number of hydrogen-bond acceptors (Lipinski definition) is 2. The van der Waals surface area contributed by atoms with Crippen molar-refractivity contribution in [1.29, 1.82) is 0 Å². The average Bonchev–Trinajstić information content (AvgIpc) is 2.90. The van der Waals surface area contributed by atoms with E-state index in [0.717, 1.165) is 43.8 Å². The summed E-state index contributed by atoms with van der Waals surface area (Å²) >= 11 is 0. The molecule has 0 saturated carbocycles. The number of hydrogen-bond donors (Lipinski definition) is 2. The Morgan fingerprint density at radius 1 is 0.353 bits per heavy atom. The summed E-state index contributed by atoms with van der Waals surface area (Å²) in [4.78, 5) is 0. The van der Waals surface area contributed by atoms with Gasteiger partial charge in [0.05, 0.1) is 0 Å². The van der Waals surface area contributed by atoms with Crippen LogP contribution in [0.5, 0.6) is 11.5 Å². The molecule has 0 heterocycles. The molecule has 6 aromatic rings. The predicted octanol–water partition coefficient (Wildman–Crippen LogP) is 8.41. The highest BCUT2D eigenvalue weighted by Gasteiger charge is 2.18. The summed E-state index contributed by atoms with van der Waals surface area (Å²) in [5, 5.41) is 26.0. The van der Waals surface area contributed by atoms with Gasteiger partial charge in [0.15, 0.2) is 0 Å². The molecule has 2 N–H and O–H groups in total. The summed E-state index contributed by atoms with van der Waals surface area (Å²) in [6, 6.07) is 40.1. The SMILES string of the molecule is Oc1ccc2ccc(-c3ccccc3)cc2c1-c1c(O)ccc2ccc(-c3ccccc3)cc12. The smallest absolute Gasteiger partial charge is 0.124 e. The molecule has 0 aliphatic rings. The Labute approximate surface area is 198 Å². The Bertz CT molecular complexity index is 1530. The van der Waals surface area contributed by atoms with Crippen molar-refractivity contribution in [2.24, 2.45) is 0 Å². The van der Waals surface area contributed by atoms with Crippen LogP contribution in [0.25, 0.3) is 54.9 Å². The zero-order valence-corrected chi connectivity index (χ0v) is 18.4. The van der Waals surface area contributed by atoms with Crippen LogP contribution < -0.4 is 0 Å². The van der Waals surface area contributed by atoms with E-state index in [1.54, 1.807) is 12.1 Å². The van der Waals surface area contributed by atoms with Gasteiger partial charge < -0.3 is 10.2 Å². The lowest BCUT2D eigenvalue weighted by Gasteiger charge is -2.16. The maximum atomic E-state index is 11.1. The first-order valence-electron chi connectivity index (χ1n) is 11.3. The third-order valence-electron chi connectivity index (χ3n) is 6.46. The second-order valence-corrected chi connectivity index (χ2v) is 8.52. The van der Waals surface area contributed by atoms with Crippen LogP contribution in [0.2, 0.25) is 0 Å². The number of phenols is 2. The standard InChI is InChI=1S/C32H22O2/c33-29-17-15-23-11-13-25(21-7-3-1-4-8-21)19-27(23)31(29)32-28-20-26(22-9-5-2-6-10-22)14-12-24(28)16-18-30(32)34/h1-20,33-34H. The highest BCUT2D eigenvalue weighted by Crippen LogP contribution is 2.46. The molecule has 2 nitrogen and oxygen atoms in total. The Balaban J connectivity index is 1.66. The van der Waals surface area contributed by atoms with Crippen LogP contribution in [0.1, 0.15) is 0 Å². The van der Waals surface area contributed by atoms with Crippen molar-refractivity contribution in [3.05, 3.63) is 121 Å². The van der Waals surface area contributed by atoms with Gasteiger partial charge in [-0.05, 0) is 68.1 Å². The van der Waals surface area contributed by atoms with Crippen molar-refractivity contribution < 1.29 is 10.2 Å². The summed E-state index contributed by atoms with van der Waals surface area (Å²) in [5.74, 6) is 0.288. The molecular weight excluding hydrogens is 416 g/mol. The monoisotopic (exact) mass is 438 g/mol. The average molecular weight is 439 g/mol.